The van der Waals surface area contributed by atoms with Gasteiger partial charge >= 0.3 is 0 Å². The lowest BCUT2D eigenvalue weighted by Crippen LogP contribution is -2.44. The third-order valence-corrected chi connectivity index (χ3v) is 26.1. The number of fused-ring (bicyclic) bond motifs is 3. The molecule has 642 valence electrons. The number of ether oxygens (including phenoxy) is 1. The van der Waals surface area contributed by atoms with Crippen molar-refractivity contribution in [3.63, 3.8) is 0 Å². The fourth-order valence-corrected chi connectivity index (χ4v) is 18.9. The van der Waals surface area contributed by atoms with Crippen molar-refractivity contribution >= 4 is 114 Å². The summed E-state index contributed by atoms with van der Waals surface area (Å²) in [5.74, 6) is 15.5. The molecule has 8 aliphatic rings. The highest BCUT2D eigenvalue weighted by atomic mass is 35.5. The molecule has 3 unspecified atom stereocenters. The monoisotopic (exact) mass is 1720 g/mol. The second kappa shape index (κ2) is 39.0. The van der Waals surface area contributed by atoms with Gasteiger partial charge in [-0.15, -0.1) is 36.0 Å². The molecule has 18 rings (SSSR count). The molecule has 13 heterocycles. The Morgan fingerprint density at radius 2 is 0.921 bits per heavy atom. The number of aromatic amines is 3. The lowest BCUT2D eigenvalue weighted by Gasteiger charge is -2.30. The predicted molar refractivity (Wildman–Crippen MR) is 496 cm³/mol. The Balaban J connectivity index is 0.000000139. The molecule has 0 spiro atoms. The lowest BCUT2D eigenvalue weighted by atomic mass is 9.82. The number of H-pyrrole nitrogens is 3. The molecule has 0 radical (unpaired) electrons. The molecule has 25 nitrogen and oxygen atoms in total. The van der Waals surface area contributed by atoms with E-state index in [1.54, 1.807) is 57.0 Å². The molecular formula is C99H101ClN18O7S. The SMILES string of the molecule is C#CCC1(C(=O)Nc2ccc3[nH]nc(-c4ccnc(Cl)c4)c3c2)CCN(CC(=O)N2CC=C(c3ccsc3)CC2)C1.CC#CCC1(C(=O)Nc2ccc3[nH]nc(-c4ccnc(C)c4)c3c2)CCN(CC(=O)N2CC=C(C3=CCC=C3)CC2)C1.CC#CCC1(C(=O)Nc2ccc3[nH]nc(-c4ccnc(OC)c4)c3c2)CCN(CC(=O)N2CC=C(C3=CCC=C3)CC2)C1. The number of thiophene rings is 1. The first-order valence-corrected chi connectivity index (χ1v) is 44.2. The molecule has 27 heteroatoms. The lowest BCUT2D eigenvalue weighted by molar-refractivity contribution is -0.133. The van der Waals surface area contributed by atoms with Gasteiger partial charge < -0.3 is 35.4 Å². The minimum absolute atomic E-state index is 0.0622. The van der Waals surface area contributed by atoms with E-state index in [0.29, 0.717) is 145 Å². The van der Waals surface area contributed by atoms with E-state index < -0.39 is 16.2 Å². The summed E-state index contributed by atoms with van der Waals surface area (Å²) >= 11 is 7.77. The van der Waals surface area contributed by atoms with Gasteiger partial charge in [0, 0.05) is 158 Å². The van der Waals surface area contributed by atoms with Crippen LogP contribution in [0, 0.1) is 59.2 Å². The summed E-state index contributed by atoms with van der Waals surface area (Å²) < 4.78 is 5.28. The predicted octanol–water partition coefficient (Wildman–Crippen LogP) is 15.1. The summed E-state index contributed by atoms with van der Waals surface area (Å²) in [5.41, 5.74) is 16.1. The van der Waals surface area contributed by atoms with Gasteiger partial charge in [0.2, 0.25) is 41.3 Å². The third-order valence-electron chi connectivity index (χ3n) is 25.2. The molecule has 3 saturated heterocycles. The average molecular weight is 1720 g/mol. The maximum absolute atomic E-state index is 13.9. The number of carbonyl (C=O) groups is 6. The minimum atomic E-state index is -0.768. The molecule has 3 fully saturated rings. The van der Waals surface area contributed by atoms with Crippen molar-refractivity contribution in [2.24, 2.45) is 16.2 Å². The number of methoxy groups -OCH3 is 1. The van der Waals surface area contributed by atoms with Crippen LogP contribution in [-0.2, 0) is 28.8 Å². The van der Waals surface area contributed by atoms with E-state index in [4.69, 9.17) is 22.8 Å². The van der Waals surface area contributed by atoms with Crippen LogP contribution in [0.5, 0.6) is 5.88 Å². The summed E-state index contributed by atoms with van der Waals surface area (Å²) in [6, 6.07) is 30.5. The van der Waals surface area contributed by atoms with Crippen molar-refractivity contribution in [1.29, 1.82) is 0 Å². The quantitative estimate of drug-likeness (QED) is 0.0271. The van der Waals surface area contributed by atoms with Gasteiger partial charge in [-0.3, -0.25) is 63.7 Å². The van der Waals surface area contributed by atoms with Crippen LogP contribution in [-0.4, -0.2) is 216 Å². The Labute approximate surface area is 742 Å². The molecule has 10 aromatic rings. The first kappa shape index (κ1) is 86.4. The van der Waals surface area contributed by atoms with Gasteiger partial charge in [0.05, 0.1) is 59.5 Å². The van der Waals surface area contributed by atoms with E-state index in [1.807, 2.05) is 107 Å². The third kappa shape index (κ3) is 19.7. The topological polar surface area (TPSA) is 292 Å². The van der Waals surface area contributed by atoms with Gasteiger partial charge in [0.1, 0.15) is 22.2 Å². The maximum atomic E-state index is 13.9. The van der Waals surface area contributed by atoms with Crippen LogP contribution in [0.25, 0.3) is 72.1 Å². The Kier molecular flexibility index (Phi) is 26.7. The zero-order valence-electron chi connectivity index (χ0n) is 71.3. The van der Waals surface area contributed by atoms with Crippen molar-refractivity contribution in [3.8, 4) is 75.7 Å². The molecule has 6 aliphatic heterocycles. The number of hydrogen-bond acceptors (Lipinski definition) is 17. The summed E-state index contributed by atoms with van der Waals surface area (Å²) in [5, 5.41) is 39.3. The molecular weight excluding hydrogens is 1620 g/mol. The fourth-order valence-electron chi connectivity index (χ4n) is 18.0. The van der Waals surface area contributed by atoms with E-state index in [1.165, 1.54) is 33.4 Å². The summed E-state index contributed by atoms with van der Waals surface area (Å²) in [6.07, 6.45) is 38.1. The average Bonchev–Trinajstić information content (AvgIpc) is 1.64. The Morgan fingerprint density at radius 1 is 0.500 bits per heavy atom. The van der Waals surface area contributed by atoms with Crippen molar-refractivity contribution in [2.45, 2.75) is 91.4 Å². The van der Waals surface area contributed by atoms with Gasteiger partial charge in [-0.1, -0.05) is 66.3 Å². The van der Waals surface area contributed by atoms with E-state index >= 15 is 0 Å². The van der Waals surface area contributed by atoms with E-state index in [0.717, 1.165) is 117 Å². The number of pyridine rings is 3. The van der Waals surface area contributed by atoms with Crippen LogP contribution < -0.4 is 20.7 Å². The number of nitrogens with one attached hydrogen (secondary N) is 6. The first-order valence-electron chi connectivity index (χ1n) is 42.9. The first-order chi connectivity index (χ1) is 61.3. The number of amides is 6. The zero-order valence-corrected chi connectivity index (χ0v) is 72.9. The summed E-state index contributed by atoms with van der Waals surface area (Å²) in [6.45, 7) is 13.9. The molecule has 2 aliphatic carbocycles. The molecule has 3 aromatic carbocycles. The van der Waals surface area contributed by atoms with Crippen LogP contribution in [0.3, 0.4) is 0 Å². The van der Waals surface area contributed by atoms with Crippen LogP contribution in [0.4, 0.5) is 17.1 Å². The Hall–Kier alpha value is -13.1. The van der Waals surface area contributed by atoms with Crippen LogP contribution in [0.15, 0.2) is 203 Å². The van der Waals surface area contributed by atoms with Gasteiger partial charge in [0.25, 0.3) is 0 Å². The van der Waals surface area contributed by atoms with Crippen molar-refractivity contribution in [2.75, 3.05) is 121 Å². The minimum Gasteiger partial charge on any atom is -0.481 e. The number of rotatable bonds is 22. The number of nitrogens with zero attached hydrogens (tertiary/aromatic N) is 12. The number of anilines is 3. The van der Waals surface area contributed by atoms with E-state index in [9.17, 15) is 28.8 Å². The van der Waals surface area contributed by atoms with Crippen molar-refractivity contribution < 1.29 is 33.5 Å². The van der Waals surface area contributed by atoms with E-state index in [2.05, 4.69) is 177 Å². The normalized spacial score (nSPS) is 19.8. The largest absolute Gasteiger partial charge is 0.481 e. The second-order valence-corrected chi connectivity index (χ2v) is 34.5. The number of benzene rings is 3. The fraction of sp³-hybridized carbons (Fsp3) is 0.333. The molecule has 7 aromatic heterocycles. The van der Waals surface area contributed by atoms with Gasteiger partial charge in [-0.2, -0.15) is 26.6 Å². The van der Waals surface area contributed by atoms with Crippen LogP contribution in [0.1, 0.15) is 95.7 Å². The smallest absolute Gasteiger partial charge is 0.237 e. The van der Waals surface area contributed by atoms with E-state index in [-0.39, 0.29) is 42.0 Å². The number of hydrogen-bond donors (Lipinski definition) is 6. The number of halogens is 1. The number of carbonyl (C=O) groups excluding carboxylic acids is 6. The Bertz CT molecular complexity index is 6260. The van der Waals surface area contributed by atoms with Gasteiger partial charge in [-0.05, 0) is 227 Å². The van der Waals surface area contributed by atoms with Crippen LogP contribution >= 0.6 is 22.9 Å². The standard InChI is InChI=1S/C34H36N6O3.C34H36N6O2.C31H29ClN6O2S/c1-3-4-14-34(15-19-39(23-34)22-31(41)40-17-12-25(13-18-40)24-7-5-6-8-24)33(42)36-27-9-10-29-28(21-27)32(38-37-29)26-11-16-35-30(20-26)43-2;1-3-4-14-34(15-19-39(23-34)22-31(41)40-17-12-26(13-18-40)25-7-5-6-8-25)33(42)36-28-9-10-30-29(21-28)32(38-37-30)27-11-16-35-24(2)20-27;1-2-9-31(10-14-37(20-31)18-28(39)38-12-6-21(7-13-38)23-8-15-41-19-23)30(40)34-24-3-4-26-25(17-24)29(36-35-26)22-5-11-33-27(32)16-22/h5,7-12,16,20-21H,6,13-15,17-19,22-23H2,1-2H3,(H,36,42)(H,37,38);5,7-12,16,20-21H,6,13-15,17-19,22-23H2,1-2H3,(H,36,42)(H,37,38);1,3-6,8,11,15-17,19H,7,9-10,12-14,18,20H2,(H,34,40)(H,35,36). The zero-order chi connectivity index (χ0) is 87.3. The van der Waals surface area contributed by atoms with Crippen molar-refractivity contribution in [3.05, 3.63) is 220 Å². The summed E-state index contributed by atoms with van der Waals surface area (Å²) in [7, 11) is 1.58. The molecule has 126 heavy (non-hydrogen) atoms. The summed E-state index contributed by atoms with van der Waals surface area (Å²) in [4.78, 5) is 106. The van der Waals surface area contributed by atoms with Gasteiger partial charge in [-0.25, -0.2) is 9.97 Å². The molecule has 0 saturated carbocycles. The van der Waals surface area contributed by atoms with Gasteiger partial charge in [0.15, 0.2) is 0 Å². The Morgan fingerprint density at radius 3 is 1.30 bits per heavy atom. The highest BCUT2D eigenvalue weighted by Gasteiger charge is 2.48. The highest BCUT2D eigenvalue weighted by molar-refractivity contribution is 7.08. The number of likely N-dealkylation sites (tertiary alicyclic amines) is 3. The molecule has 0 bridgehead atoms. The number of aromatic nitrogens is 9. The molecule has 6 amide bonds. The molecule has 3 atom stereocenters. The highest BCUT2D eigenvalue weighted by Crippen LogP contribution is 2.42. The number of allylic oxidation sites excluding steroid dienone is 8. The van der Waals surface area contributed by atoms with Crippen LogP contribution in [0.2, 0.25) is 5.15 Å². The second-order valence-electron chi connectivity index (χ2n) is 33.4. The number of terminal acetylenes is 1. The number of aryl methyl sites for hydroxylation is 1. The maximum Gasteiger partial charge on any atom is 0.237 e. The van der Waals surface area contributed by atoms with Crippen molar-refractivity contribution in [1.82, 2.24) is 74.9 Å². The molecule has 6 N–H and O–H groups in total.